The molecule has 0 spiro atoms. The van der Waals surface area contributed by atoms with Gasteiger partial charge in [0.05, 0.1) is 18.3 Å². The van der Waals surface area contributed by atoms with Gasteiger partial charge in [0, 0.05) is 31.3 Å². The van der Waals surface area contributed by atoms with E-state index in [2.05, 4.69) is 17.2 Å². The fourth-order valence-electron chi connectivity index (χ4n) is 4.61. The summed E-state index contributed by atoms with van der Waals surface area (Å²) in [6.45, 7) is 2.41. The highest BCUT2D eigenvalue weighted by atomic mass is 19.2. The summed E-state index contributed by atoms with van der Waals surface area (Å²) < 4.78 is 27.6. The van der Waals surface area contributed by atoms with Crippen molar-refractivity contribution in [3.8, 4) is 0 Å². The van der Waals surface area contributed by atoms with E-state index in [0.29, 0.717) is 12.5 Å². The molecule has 1 saturated heterocycles. The average molecular weight is 388 g/mol. The van der Waals surface area contributed by atoms with Crippen LogP contribution in [0.15, 0.2) is 28.3 Å². The maximum absolute atomic E-state index is 14.1. The zero-order chi connectivity index (χ0) is 20.0. The van der Waals surface area contributed by atoms with Crippen molar-refractivity contribution in [1.82, 2.24) is 9.80 Å². The molecule has 2 unspecified atom stereocenters. The summed E-state index contributed by atoms with van der Waals surface area (Å²) in [6, 6.07) is 1.80. The van der Waals surface area contributed by atoms with Crippen molar-refractivity contribution in [2.24, 2.45) is 10.9 Å². The third-order valence-corrected chi connectivity index (χ3v) is 5.89. The smallest absolute Gasteiger partial charge is 0.322 e. The number of aliphatic imine (C=N–C) groups is 1. The van der Waals surface area contributed by atoms with Crippen molar-refractivity contribution in [3.05, 3.63) is 40.5 Å². The number of benzene rings is 1. The zero-order valence-electron chi connectivity index (χ0n) is 15.8. The Balaban J connectivity index is 1.51. The van der Waals surface area contributed by atoms with Gasteiger partial charge in [-0.25, -0.2) is 13.6 Å². The maximum Gasteiger partial charge on any atom is 0.322 e. The molecule has 3 amide bonds. The SMILES string of the molecule is CCC1=C(C=NC)C2CC1CN2C(=O)CN1Cc2c(ccc(F)c2F)NC1=O. The van der Waals surface area contributed by atoms with E-state index < -0.39 is 17.7 Å². The van der Waals surface area contributed by atoms with E-state index in [9.17, 15) is 18.4 Å². The van der Waals surface area contributed by atoms with Gasteiger partial charge in [0.15, 0.2) is 11.6 Å². The first-order chi connectivity index (χ1) is 13.4. The van der Waals surface area contributed by atoms with Crippen molar-refractivity contribution in [3.63, 3.8) is 0 Å². The van der Waals surface area contributed by atoms with Crippen LogP contribution in [0.4, 0.5) is 19.3 Å². The second-order valence-corrected chi connectivity index (χ2v) is 7.39. The van der Waals surface area contributed by atoms with Gasteiger partial charge in [-0.15, -0.1) is 0 Å². The lowest BCUT2D eigenvalue weighted by atomic mass is 9.97. The van der Waals surface area contributed by atoms with Gasteiger partial charge in [-0.3, -0.25) is 9.79 Å². The minimum Gasteiger partial charge on any atom is -0.333 e. The Morgan fingerprint density at radius 2 is 2.18 bits per heavy atom. The van der Waals surface area contributed by atoms with Crippen LogP contribution in [0.3, 0.4) is 0 Å². The van der Waals surface area contributed by atoms with Crippen LogP contribution in [-0.4, -0.2) is 54.1 Å². The first-order valence-corrected chi connectivity index (χ1v) is 9.41. The number of carbonyl (C=O) groups excluding carboxylic acids is 2. The molecule has 1 aromatic rings. The van der Waals surface area contributed by atoms with Gasteiger partial charge in [-0.1, -0.05) is 12.5 Å². The molecule has 1 aromatic carbocycles. The highest BCUT2D eigenvalue weighted by Gasteiger charge is 2.45. The molecule has 0 aromatic heterocycles. The fourth-order valence-corrected chi connectivity index (χ4v) is 4.61. The molecule has 2 bridgehead atoms. The predicted octanol–water partition coefficient (Wildman–Crippen LogP) is 2.95. The van der Waals surface area contributed by atoms with Crippen molar-refractivity contribution >= 4 is 23.8 Å². The molecular weight excluding hydrogens is 366 g/mol. The normalized spacial score (nSPS) is 23.6. The van der Waals surface area contributed by atoms with E-state index in [0.717, 1.165) is 24.5 Å². The summed E-state index contributed by atoms with van der Waals surface area (Å²) in [4.78, 5) is 32.4. The topological polar surface area (TPSA) is 65.0 Å². The number of rotatable bonds is 4. The highest BCUT2D eigenvalue weighted by molar-refractivity contribution is 5.95. The van der Waals surface area contributed by atoms with Gasteiger partial charge in [-0.05, 0) is 30.5 Å². The molecule has 8 heteroatoms. The molecule has 6 nitrogen and oxygen atoms in total. The molecule has 0 saturated carbocycles. The minimum atomic E-state index is -0.993. The first kappa shape index (κ1) is 18.6. The summed E-state index contributed by atoms with van der Waals surface area (Å²) in [5.41, 5.74) is 2.74. The molecule has 2 atom stereocenters. The molecule has 2 aliphatic heterocycles. The number of hydrogen-bond acceptors (Lipinski definition) is 3. The molecule has 1 fully saturated rings. The molecule has 148 valence electrons. The number of nitrogens with one attached hydrogen (secondary N) is 1. The van der Waals surface area contributed by atoms with E-state index >= 15 is 0 Å². The van der Waals surface area contributed by atoms with Crippen LogP contribution in [0, 0.1) is 17.6 Å². The predicted molar refractivity (Wildman–Crippen MR) is 101 cm³/mol. The van der Waals surface area contributed by atoms with Crippen molar-refractivity contribution in [2.75, 3.05) is 25.5 Å². The number of fused-ring (bicyclic) bond motifs is 3. The Morgan fingerprint density at radius 1 is 1.39 bits per heavy atom. The van der Waals surface area contributed by atoms with E-state index in [-0.39, 0.29) is 36.3 Å². The molecule has 3 aliphatic rings. The fraction of sp³-hybridized carbons (Fsp3) is 0.450. The summed E-state index contributed by atoms with van der Waals surface area (Å²) in [6.07, 6.45) is 3.64. The van der Waals surface area contributed by atoms with Crippen LogP contribution in [0.1, 0.15) is 25.3 Å². The van der Waals surface area contributed by atoms with Crippen molar-refractivity contribution in [2.45, 2.75) is 32.4 Å². The van der Waals surface area contributed by atoms with Crippen LogP contribution in [-0.2, 0) is 11.3 Å². The van der Waals surface area contributed by atoms with Crippen LogP contribution < -0.4 is 5.32 Å². The van der Waals surface area contributed by atoms with Crippen LogP contribution in [0.5, 0.6) is 0 Å². The Labute approximate surface area is 161 Å². The van der Waals surface area contributed by atoms with Gasteiger partial charge >= 0.3 is 6.03 Å². The van der Waals surface area contributed by atoms with E-state index in [1.54, 1.807) is 11.9 Å². The Hall–Kier alpha value is -2.77. The second-order valence-electron chi connectivity index (χ2n) is 7.39. The van der Waals surface area contributed by atoms with Gasteiger partial charge in [-0.2, -0.15) is 0 Å². The van der Waals surface area contributed by atoms with Gasteiger partial charge in [0.25, 0.3) is 0 Å². The summed E-state index contributed by atoms with van der Waals surface area (Å²) in [5.74, 6) is -1.83. The molecule has 0 radical (unpaired) electrons. The number of urea groups is 1. The molecular formula is C20H22F2N4O2. The summed E-state index contributed by atoms with van der Waals surface area (Å²) in [5, 5.41) is 2.53. The van der Waals surface area contributed by atoms with Crippen LogP contribution in [0.2, 0.25) is 0 Å². The Morgan fingerprint density at radius 3 is 2.89 bits per heavy atom. The lowest BCUT2D eigenvalue weighted by molar-refractivity contribution is -0.132. The number of halogens is 2. The van der Waals surface area contributed by atoms with Crippen LogP contribution in [0.25, 0.3) is 0 Å². The lowest BCUT2D eigenvalue weighted by Gasteiger charge is -2.34. The number of likely N-dealkylation sites (tertiary alicyclic amines) is 1. The monoisotopic (exact) mass is 388 g/mol. The molecule has 4 rings (SSSR count). The summed E-state index contributed by atoms with van der Waals surface area (Å²) >= 11 is 0. The molecule has 2 heterocycles. The van der Waals surface area contributed by atoms with Crippen LogP contribution >= 0.6 is 0 Å². The second kappa shape index (κ2) is 7.00. The quantitative estimate of drug-likeness (QED) is 0.806. The minimum absolute atomic E-state index is 0.0227. The zero-order valence-corrected chi connectivity index (χ0v) is 15.8. The van der Waals surface area contributed by atoms with Crippen molar-refractivity contribution in [1.29, 1.82) is 0 Å². The highest BCUT2D eigenvalue weighted by Crippen LogP contribution is 2.43. The average Bonchev–Trinajstić information content (AvgIpc) is 3.25. The van der Waals surface area contributed by atoms with Crippen molar-refractivity contribution < 1.29 is 18.4 Å². The third-order valence-electron chi connectivity index (χ3n) is 5.89. The number of nitrogens with zero attached hydrogens (tertiary/aromatic N) is 3. The lowest BCUT2D eigenvalue weighted by Crippen LogP contribution is -2.48. The number of hydrogen-bond donors (Lipinski definition) is 1. The Bertz CT molecular complexity index is 912. The Kier molecular flexibility index (Phi) is 4.64. The number of carbonyl (C=O) groups is 2. The third kappa shape index (κ3) is 2.87. The van der Waals surface area contributed by atoms with E-state index in [4.69, 9.17) is 0 Å². The van der Waals surface area contributed by atoms with Gasteiger partial charge in [0.1, 0.15) is 6.54 Å². The number of amides is 3. The van der Waals surface area contributed by atoms with E-state index in [1.807, 2.05) is 6.21 Å². The van der Waals surface area contributed by atoms with Gasteiger partial charge < -0.3 is 15.1 Å². The van der Waals surface area contributed by atoms with E-state index in [1.165, 1.54) is 16.5 Å². The number of anilines is 1. The molecule has 1 aliphatic carbocycles. The maximum atomic E-state index is 14.1. The standard InChI is InChI=1S/C20H22F2N4O2/c1-3-12-11-6-17(13(12)7-23-2)26(8-11)18(27)10-25-9-14-16(24-20(25)28)5-4-15(21)19(14)22/h4-5,7,11,17H,3,6,8-10H2,1-2H3,(H,24,28). The first-order valence-electron chi connectivity index (χ1n) is 9.41. The molecule has 1 N–H and O–H groups in total. The molecule has 28 heavy (non-hydrogen) atoms. The summed E-state index contributed by atoms with van der Waals surface area (Å²) in [7, 11) is 1.71. The largest absolute Gasteiger partial charge is 0.333 e. The van der Waals surface area contributed by atoms with Gasteiger partial charge in [0.2, 0.25) is 5.91 Å².